The molecule has 1 aromatic heterocycles. The minimum absolute atomic E-state index is 0.242. The molecule has 0 spiro atoms. The van der Waals surface area contributed by atoms with Gasteiger partial charge in [0.2, 0.25) is 0 Å². The number of benzene rings is 1. The van der Waals surface area contributed by atoms with Crippen molar-refractivity contribution in [1.29, 1.82) is 0 Å². The second kappa shape index (κ2) is 7.52. The quantitative estimate of drug-likeness (QED) is 0.827. The lowest BCUT2D eigenvalue weighted by Crippen LogP contribution is -2.39. The van der Waals surface area contributed by atoms with Crippen LogP contribution in [0.25, 0.3) is 0 Å². The van der Waals surface area contributed by atoms with E-state index in [-0.39, 0.29) is 12.6 Å². The number of aliphatic hydroxyl groups excluding tert-OH is 1. The third kappa shape index (κ3) is 3.78. The van der Waals surface area contributed by atoms with Gasteiger partial charge in [0.05, 0.1) is 18.0 Å². The minimum atomic E-state index is 0.242. The summed E-state index contributed by atoms with van der Waals surface area (Å²) < 4.78 is 2.08. The number of fused-ring (bicyclic) bond motifs is 1. The molecule has 1 unspecified atom stereocenters. The van der Waals surface area contributed by atoms with E-state index in [4.69, 9.17) is 5.10 Å². The van der Waals surface area contributed by atoms with Crippen molar-refractivity contribution in [3.63, 3.8) is 0 Å². The Labute approximate surface area is 154 Å². The number of aliphatic hydroxyl groups is 1. The van der Waals surface area contributed by atoms with Gasteiger partial charge in [-0.1, -0.05) is 30.3 Å². The van der Waals surface area contributed by atoms with Crippen molar-refractivity contribution in [1.82, 2.24) is 14.7 Å². The van der Waals surface area contributed by atoms with E-state index in [1.807, 2.05) is 11.8 Å². The number of hydrogen-bond acceptors (Lipinski definition) is 4. The van der Waals surface area contributed by atoms with Crippen LogP contribution in [0.3, 0.4) is 0 Å². The molecular weight excluding hydrogens is 330 g/mol. The molecule has 1 aliphatic heterocycles. The van der Waals surface area contributed by atoms with E-state index in [1.54, 1.807) is 0 Å². The lowest BCUT2D eigenvalue weighted by Gasteiger charge is -2.31. The first-order chi connectivity index (χ1) is 12.3. The van der Waals surface area contributed by atoms with Crippen LogP contribution in [0.2, 0.25) is 0 Å². The van der Waals surface area contributed by atoms with E-state index in [1.165, 1.54) is 41.1 Å². The predicted molar refractivity (Wildman–Crippen MR) is 102 cm³/mol. The monoisotopic (exact) mass is 357 g/mol. The maximum Gasteiger partial charge on any atom is 0.0676 e. The number of thioether (sulfide) groups is 1. The molecule has 25 heavy (non-hydrogen) atoms. The molecule has 134 valence electrons. The summed E-state index contributed by atoms with van der Waals surface area (Å²) in [6, 6.07) is 10.9. The molecule has 0 radical (unpaired) electrons. The summed E-state index contributed by atoms with van der Waals surface area (Å²) in [7, 11) is 2.07. The highest BCUT2D eigenvalue weighted by Crippen LogP contribution is 2.37. The summed E-state index contributed by atoms with van der Waals surface area (Å²) in [6.45, 7) is 2.00. The largest absolute Gasteiger partial charge is 0.395 e. The molecule has 1 aromatic carbocycles. The third-order valence-electron chi connectivity index (χ3n) is 5.49. The second-order valence-corrected chi connectivity index (χ2v) is 8.38. The van der Waals surface area contributed by atoms with Gasteiger partial charge in [-0.25, -0.2) is 0 Å². The maximum atomic E-state index is 10.1. The zero-order valence-corrected chi connectivity index (χ0v) is 15.7. The fourth-order valence-electron chi connectivity index (χ4n) is 3.92. The van der Waals surface area contributed by atoms with Gasteiger partial charge in [0.25, 0.3) is 0 Å². The first-order valence-corrected chi connectivity index (χ1v) is 10.4. The Kier molecular flexibility index (Phi) is 5.15. The second-order valence-electron chi connectivity index (χ2n) is 7.28. The lowest BCUT2D eigenvalue weighted by molar-refractivity contribution is 0.0921. The van der Waals surface area contributed by atoms with E-state index in [0.29, 0.717) is 5.92 Å². The molecule has 1 aliphatic carbocycles. The summed E-state index contributed by atoms with van der Waals surface area (Å²) >= 11 is 2.01. The Bertz CT molecular complexity index is 711. The smallest absolute Gasteiger partial charge is 0.0676 e. The van der Waals surface area contributed by atoms with Gasteiger partial charge in [-0.3, -0.25) is 9.58 Å². The van der Waals surface area contributed by atoms with Crippen LogP contribution in [0.15, 0.2) is 30.3 Å². The fourth-order valence-corrected chi connectivity index (χ4v) is 4.94. The van der Waals surface area contributed by atoms with Crippen molar-refractivity contribution >= 4 is 11.8 Å². The van der Waals surface area contributed by atoms with Gasteiger partial charge >= 0.3 is 0 Å². The van der Waals surface area contributed by atoms with E-state index in [0.717, 1.165) is 25.3 Å². The molecule has 4 rings (SSSR count). The van der Waals surface area contributed by atoms with Gasteiger partial charge in [-0.05, 0) is 30.1 Å². The van der Waals surface area contributed by atoms with Crippen molar-refractivity contribution in [3.8, 4) is 0 Å². The molecule has 2 aromatic rings. The fraction of sp³-hybridized carbons (Fsp3) is 0.550. The van der Waals surface area contributed by atoms with Crippen molar-refractivity contribution in [3.05, 3.63) is 52.8 Å². The standard InChI is InChI=1S/C20H27N3OS/c1-22-19(17-14-25-10-9-18(17)21-22)12-23(20(13-24)16-7-8-16)11-15-5-3-2-4-6-15/h2-6,16,20,24H,7-14H2,1H3. The van der Waals surface area contributed by atoms with Crippen molar-refractivity contribution < 1.29 is 5.11 Å². The number of rotatable bonds is 7. The number of hydrogen-bond donors (Lipinski definition) is 1. The van der Waals surface area contributed by atoms with E-state index < -0.39 is 0 Å². The van der Waals surface area contributed by atoms with Gasteiger partial charge in [-0.15, -0.1) is 0 Å². The van der Waals surface area contributed by atoms with E-state index >= 15 is 0 Å². The zero-order chi connectivity index (χ0) is 17.2. The average Bonchev–Trinajstić information content (AvgIpc) is 3.41. The minimum Gasteiger partial charge on any atom is -0.395 e. The molecule has 0 amide bonds. The Hall–Kier alpha value is -1.30. The molecule has 1 atom stereocenters. The van der Waals surface area contributed by atoms with Gasteiger partial charge in [0.1, 0.15) is 0 Å². The Morgan fingerprint density at radius 1 is 1.28 bits per heavy atom. The summed E-state index contributed by atoms with van der Waals surface area (Å²) in [5, 5.41) is 14.8. The topological polar surface area (TPSA) is 41.3 Å². The Morgan fingerprint density at radius 3 is 2.80 bits per heavy atom. The average molecular weight is 358 g/mol. The van der Waals surface area contributed by atoms with Crippen LogP contribution in [-0.2, 0) is 32.3 Å². The zero-order valence-electron chi connectivity index (χ0n) is 14.9. The summed E-state index contributed by atoms with van der Waals surface area (Å²) in [5.74, 6) is 2.90. The van der Waals surface area contributed by atoms with E-state index in [2.05, 4.69) is 47.0 Å². The molecule has 1 N–H and O–H groups in total. The predicted octanol–water partition coefficient (Wildman–Crippen LogP) is 2.98. The molecule has 0 bridgehead atoms. The van der Waals surface area contributed by atoms with E-state index in [9.17, 15) is 5.11 Å². The van der Waals surface area contributed by atoms with Crippen molar-refractivity contribution in [2.24, 2.45) is 13.0 Å². The molecule has 2 heterocycles. The third-order valence-corrected chi connectivity index (χ3v) is 6.48. The molecule has 1 fully saturated rings. The summed E-state index contributed by atoms with van der Waals surface area (Å²) in [4.78, 5) is 2.48. The van der Waals surface area contributed by atoms with Crippen LogP contribution in [0.5, 0.6) is 0 Å². The van der Waals surface area contributed by atoms with Gasteiger partial charge in [-0.2, -0.15) is 16.9 Å². The highest BCUT2D eigenvalue weighted by molar-refractivity contribution is 7.98. The van der Waals surface area contributed by atoms with Gasteiger partial charge in [0, 0.05) is 43.9 Å². The Balaban J connectivity index is 1.61. The normalized spacial score (nSPS) is 18.4. The number of nitrogens with zero attached hydrogens (tertiary/aromatic N) is 3. The van der Waals surface area contributed by atoms with Gasteiger partial charge in [0.15, 0.2) is 0 Å². The first kappa shape index (κ1) is 17.1. The molecular formula is C20H27N3OS. The van der Waals surface area contributed by atoms with Crippen LogP contribution in [0.1, 0.15) is 35.4 Å². The van der Waals surface area contributed by atoms with Crippen LogP contribution >= 0.6 is 11.8 Å². The first-order valence-electron chi connectivity index (χ1n) is 9.26. The highest BCUT2D eigenvalue weighted by Gasteiger charge is 2.35. The summed E-state index contributed by atoms with van der Waals surface area (Å²) in [6.07, 6.45) is 3.57. The van der Waals surface area contributed by atoms with Crippen molar-refractivity contribution in [2.75, 3.05) is 12.4 Å². The Morgan fingerprint density at radius 2 is 2.08 bits per heavy atom. The lowest BCUT2D eigenvalue weighted by atomic mass is 10.1. The molecule has 4 nitrogen and oxygen atoms in total. The summed E-state index contributed by atoms with van der Waals surface area (Å²) in [5.41, 5.74) is 5.36. The van der Waals surface area contributed by atoms with Crippen LogP contribution in [0, 0.1) is 5.92 Å². The SMILES string of the molecule is Cn1nc2c(c1CN(Cc1ccccc1)C(CO)C1CC1)CSCC2. The maximum absolute atomic E-state index is 10.1. The van der Waals surface area contributed by atoms with Crippen LogP contribution in [0.4, 0.5) is 0 Å². The van der Waals surface area contributed by atoms with Crippen LogP contribution < -0.4 is 0 Å². The number of aromatic nitrogens is 2. The molecule has 1 saturated carbocycles. The molecule has 0 saturated heterocycles. The van der Waals surface area contributed by atoms with Crippen LogP contribution in [-0.4, -0.2) is 38.2 Å². The van der Waals surface area contributed by atoms with Gasteiger partial charge < -0.3 is 5.11 Å². The van der Waals surface area contributed by atoms with Crippen molar-refractivity contribution in [2.45, 2.75) is 44.1 Å². The molecule has 2 aliphatic rings. The highest BCUT2D eigenvalue weighted by atomic mass is 32.2. The number of aryl methyl sites for hydroxylation is 2. The molecule has 5 heteroatoms.